The molecule has 2 aromatic rings. The van der Waals surface area contributed by atoms with Gasteiger partial charge in [0, 0.05) is 38.5 Å². The van der Waals surface area contributed by atoms with Crippen LogP contribution < -0.4 is 5.32 Å². The third-order valence-corrected chi connectivity index (χ3v) is 4.88. The van der Waals surface area contributed by atoms with E-state index in [0.29, 0.717) is 18.1 Å². The normalized spacial score (nSPS) is 12.1. The van der Waals surface area contributed by atoms with Crippen molar-refractivity contribution in [1.29, 1.82) is 0 Å². The molecule has 0 unspecified atom stereocenters. The molecule has 0 heterocycles. The summed E-state index contributed by atoms with van der Waals surface area (Å²) in [7, 11) is 0.691. The van der Waals surface area contributed by atoms with Crippen molar-refractivity contribution in [3.8, 4) is 0 Å². The van der Waals surface area contributed by atoms with Crippen LogP contribution in [0.4, 0.5) is 0 Å². The monoisotopic (exact) mass is 393 g/mol. The summed E-state index contributed by atoms with van der Waals surface area (Å²) in [6, 6.07) is 15.3. The first-order valence-electron chi connectivity index (χ1n) is 8.18. The van der Waals surface area contributed by atoms with Crippen LogP contribution in [0.15, 0.2) is 53.5 Å². The first kappa shape index (κ1) is 20.3. The molecule has 0 atom stereocenters. The van der Waals surface area contributed by atoms with Crippen LogP contribution in [0.2, 0.25) is 5.02 Å². The second-order valence-corrected chi connectivity index (χ2v) is 8.85. The first-order valence-corrected chi connectivity index (χ1v) is 10.6. The molecule has 140 valence electrons. The van der Waals surface area contributed by atoms with Crippen LogP contribution in [0.25, 0.3) is 0 Å². The number of aliphatic imine (C=N–C) groups is 1. The highest BCUT2D eigenvalue weighted by Crippen LogP contribution is 2.12. The maximum atomic E-state index is 11.3. The molecule has 0 amide bonds. The van der Waals surface area contributed by atoms with Crippen LogP contribution in [-0.4, -0.2) is 39.6 Å². The molecule has 0 saturated carbocycles. The van der Waals surface area contributed by atoms with E-state index in [9.17, 15) is 8.42 Å². The summed E-state index contributed by atoms with van der Waals surface area (Å²) in [5, 5.41) is 4.03. The Kier molecular flexibility index (Phi) is 7.06. The molecule has 1 N–H and O–H groups in total. The zero-order valence-electron chi connectivity index (χ0n) is 15.2. The van der Waals surface area contributed by atoms with Crippen molar-refractivity contribution in [2.45, 2.75) is 18.8 Å². The summed E-state index contributed by atoms with van der Waals surface area (Å²) in [5.74, 6) is 0.829. The lowest BCUT2D eigenvalue weighted by molar-refractivity contribution is 0.476. The SMILES string of the molecule is CN=C(NCc1ccc(CS(C)(=O)=O)cc1)N(C)Cc1cccc(Cl)c1. The molecular weight excluding hydrogens is 370 g/mol. The Balaban J connectivity index is 1.93. The van der Waals surface area contributed by atoms with Crippen molar-refractivity contribution in [1.82, 2.24) is 10.2 Å². The van der Waals surface area contributed by atoms with Gasteiger partial charge >= 0.3 is 0 Å². The van der Waals surface area contributed by atoms with Crippen LogP contribution >= 0.6 is 11.6 Å². The molecule has 5 nitrogen and oxygen atoms in total. The van der Waals surface area contributed by atoms with Crippen LogP contribution in [0, 0.1) is 0 Å². The second kappa shape index (κ2) is 9.05. The Morgan fingerprint density at radius 3 is 2.35 bits per heavy atom. The van der Waals surface area contributed by atoms with Gasteiger partial charge in [-0.2, -0.15) is 0 Å². The van der Waals surface area contributed by atoms with Gasteiger partial charge in [-0.3, -0.25) is 4.99 Å². The molecule has 0 aliphatic carbocycles. The number of hydrogen-bond acceptors (Lipinski definition) is 3. The van der Waals surface area contributed by atoms with E-state index in [1.54, 1.807) is 7.05 Å². The minimum Gasteiger partial charge on any atom is -0.352 e. The summed E-state index contributed by atoms with van der Waals surface area (Å²) in [6.07, 6.45) is 1.24. The van der Waals surface area contributed by atoms with Gasteiger partial charge < -0.3 is 10.2 Å². The molecule has 0 aliphatic heterocycles. The number of nitrogens with one attached hydrogen (secondary N) is 1. The van der Waals surface area contributed by atoms with E-state index >= 15 is 0 Å². The van der Waals surface area contributed by atoms with E-state index in [4.69, 9.17) is 11.6 Å². The summed E-state index contributed by atoms with van der Waals surface area (Å²) in [5.41, 5.74) is 2.95. The summed E-state index contributed by atoms with van der Waals surface area (Å²) in [4.78, 5) is 6.32. The van der Waals surface area contributed by atoms with Crippen molar-refractivity contribution < 1.29 is 8.42 Å². The maximum absolute atomic E-state index is 11.3. The van der Waals surface area contributed by atoms with Crippen LogP contribution in [0.5, 0.6) is 0 Å². The number of rotatable bonds is 6. The smallest absolute Gasteiger partial charge is 0.193 e. The molecule has 0 aliphatic rings. The molecule has 0 saturated heterocycles. The van der Waals surface area contributed by atoms with E-state index in [1.165, 1.54) is 6.26 Å². The van der Waals surface area contributed by atoms with Gasteiger partial charge in [0.05, 0.1) is 5.75 Å². The number of guanidine groups is 1. The van der Waals surface area contributed by atoms with Gasteiger partial charge in [-0.15, -0.1) is 0 Å². The van der Waals surface area contributed by atoms with E-state index in [1.807, 2.05) is 60.5 Å². The van der Waals surface area contributed by atoms with Gasteiger partial charge in [-0.05, 0) is 28.8 Å². The fraction of sp³-hybridized carbons (Fsp3) is 0.316. The van der Waals surface area contributed by atoms with Crippen molar-refractivity contribution in [3.63, 3.8) is 0 Å². The highest BCUT2D eigenvalue weighted by atomic mass is 35.5. The predicted octanol–water partition coefficient (Wildman–Crippen LogP) is 3.09. The maximum Gasteiger partial charge on any atom is 0.193 e. The van der Waals surface area contributed by atoms with Gasteiger partial charge in [0.25, 0.3) is 0 Å². The molecule has 26 heavy (non-hydrogen) atoms. The zero-order chi connectivity index (χ0) is 19.2. The lowest BCUT2D eigenvalue weighted by atomic mass is 10.1. The first-order chi connectivity index (χ1) is 12.3. The highest BCUT2D eigenvalue weighted by Gasteiger charge is 2.08. The number of hydrogen-bond donors (Lipinski definition) is 1. The van der Waals surface area contributed by atoms with Gasteiger partial charge in [-0.25, -0.2) is 8.42 Å². The standard InChI is InChI=1S/C19H24ClN3O2S/c1-21-19(23(2)13-17-5-4-6-18(20)11-17)22-12-15-7-9-16(10-8-15)14-26(3,24)25/h4-11H,12-14H2,1-3H3,(H,21,22). The average Bonchev–Trinajstić information content (AvgIpc) is 2.55. The Labute approximate surface area is 160 Å². The molecule has 7 heteroatoms. The fourth-order valence-electron chi connectivity index (χ4n) is 2.61. The topological polar surface area (TPSA) is 61.8 Å². The number of sulfone groups is 1. The average molecular weight is 394 g/mol. The van der Waals surface area contributed by atoms with Gasteiger partial charge in [0.15, 0.2) is 15.8 Å². The van der Waals surface area contributed by atoms with Gasteiger partial charge in [0.1, 0.15) is 0 Å². The molecule has 0 radical (unpaired) electrons. The summed E-state index contributed by atoms with van der Waals surface area (Å²) >= 11 is 6.03. The predicted molar refractivity (Wildman–Crippen MR) is 108 cm³/mol. The molecule has 0 bridgehead atoms. The van der Waals surface area contributed by atoms with Gasteiger partial charge in [0.2, 0.25) is 0 Å². The molecule has 0 aromatic heterocycles. The summed E-state index contributed by atoms with van der Waals surface area (Å²) < 4.78 is 22.7. The minimum atomic E-state index is -3.01. The minimum absolute atomic E-state index is 0.0603. The Morgan fingerprint density at radius 2 is 1.77 bits per heavy atom. The lowest BCUT2D eigenvalue weighted by Gasteiger charge is -2.22. The number of benzene rings is 2. The third-order valence-electron chi connectivity index (χ3n) is 3.78. The third kappa shape index (κ3) is 6.69. The quantitative estimate of drug-likeness (QED) is 0.605. The van der Waals surface area contributed by atoms with E-state index in [0.717, 1.165) is 22.6 Å². The second-order valence-electron chi connectivity index (χ2n) is 6.27. The van der Waals surface area contributed by atoms with Crippen molar-refractivity contribution in [2.75, 3.05) is 20.4 Å². The van der Waals surface area contributed by atoms with Crippen LogP contribution in [0.1, 0.15) is 16.7 Å². The number of halogens is 1. The molecule has 0 spiro atoms. The number of nitrogens with zero attached hydrogens (tertiary/aromatic N) is 2. The summed E-state index contributed by atoms with van der Waals surface area (Å²) in [6.45, 7) is 1.29. The van der Waals surface area contributed by atoms with Crippen LogP contribution in [-0.2, 0) is 28.7 Å². The van der Waals surface area contributed by atoms with E-state index in [-0.39, 0.29) is 5.75 Å². The van der Waals surface area contributed by atoms with E-state index in [2.05, 4.69) is 10.3 Å². The molecule has 2 rings (SSSR count). The highest BCUT2D eigenvalue weighted by molar-refractivity contribution is 7.89. The van der Waals surface area contributed by atoms with Crippen molar-refractivity contribution in [3.05, 3.63) is 70.2 Å². The van der Waals surface area contributed by atoms with Crippen molar-refractivity contribution in [2.24, 2.45) is 4.99 Å². The van der Waals surface area contributed by atoms with Crippen LogP contribution in [0.3, 0.4) is 0 Å². The Hall–Kier alpha value is -2.05. The van der Waals surface area contributed by atoms with Crippen molar-refractivity contribution >= 4 is 27.4 Å². The van der Waals surface area contributed by atoms with E-state index < -0.39 is 9.84 Å². The lowest BCUT2D eigenvalue weighted by Crippen LogP contribution is -2.38. The Morgan fingerprint density at radius 1 is 1.12 bits per heavy atom. The van der Waals surface area contributed by atoms with Gasteiger partial charge in [-0.1, -0.05) is 48.0 Å². The largest absolute Gasteiger partial charge is 0.352 e. The Bertz CT molecular complexity index is 865. The molecule has 2 aromatic carbocycles. The molecular formula is C19H24ClN3O2S. The molecule has 0 fully saturated rings. The zero-order valence-corrected chi connectivity index (χ0v) is 16.8. The fourth-order valence-corrected chi connectivity index (χ4v) is 3.62.